The van der Waals surface area contributed by atoms with E-state index in [1.807, 2.05) is 24.3 Å². The van der Waals surface area contributed by atoms with Crippen molar-refractivity contribution < 1.29 is 19.0 Å². The van der Waals surface area contributed by atoms with Crippen LogP contribution in [-0.4, -0.2) is 44.7 Å². The SMILES string of the molecule is CCCCC(=O)OC1=CC2C(CC1)CCN2C.COc1ccccc1OC. The first-order chi connectivity index (χ1) is 13.1. The summed E-state index contributed by atoms with van der Waals surface area (Å²) in [5.74, 6) is 3.16. The second-order valence-electron chi connectivity index (χ2n) is 7.12. The van der Waals surface area contributed by atoms with Crippen molar-refractivity contribution in [1.29, 1.82) is 0 Å². The number of hydrogen-bond acceptors (Lipinski definition) is 5. The number of esters is 1. The van der Waals surface area contributed by atoms with Gasteiger partial charge in [0.1, 0.15) is 5.76 Å². The van der Waals surface area contributed by atoms with Crippen LogP contribution in [0, 0.1) is 5.92 Å². The lowest BCUT2D eigenvalue weighted by atomic mass is 9.89. The van der Waals surface area contributed by atoms with Crippen molar-refractivity contribution in [3.63, 3.8) is 0 Å². The minimum atomic E-state index is -0.0581. The largest absolute Gasteiger partial charge is 0.493 e. The molecular weight excluding hydrogens is 342 g/mol. The van der Waals surface area contributed by atoms with Gasteiger partial charge in [-0.2, -0.15) is 0 Å². The fourth-order valence-corrected chi connectivity index (χ4v) is 3.62. The first kappa shape index (κ1) is 21.3. The maximum atomic E-state index is 11.6. The van der Waals surface area contributed by atoms with E-state index in [1.165, 1.54) is 19.4 Å². The van der Waals surface area contributed by atoms with E-state index in [-0.39, 0.29) is 5.97 Å². The van der Waals surface area contributed by atoms with Gasteiger partial charge in [-0.25, -0.2) is 0 Å². The Kier molecular flexibility index (Phi) is 8.65. The van der Waals surface area contributed by atoms with Crippen LogP contribution in [0.1, 0.15) is 45.4 Å². The van der Waals surface area contributed by atoms with Crippen LogP contribution in [0.4, 0.5) is 0 Å². The summed E-state index contributed by atoms with van der Waals surface area (Å²) in [5.41, 5.74) is 0. The average molecular weight is 376 g/mol. The molecule has 27 heavy (non-hydrogen) atoms. The molecule has 1 aromatic carbocycles. The number of hydrogen-bond donors (Lipinski definition) is 0. The number of rotatable bonds is 6. The van der Waals surface area contributed by atoms with Gasteiger partial charge < -0.3 is 14.2 Å². The summed E-state index contributed by atoms with van der Waals surface area (Å²) < 4.78 is 15.5. The normalized spacial score (nSPS) is 21.4. The predicted molar refractivity (Wildman–Crippen MR) is 107 cm³/mol. The molecule has 2 unspecified atom stereocenters. The molecular formula is C22H33NO4. The van der Waals surface area contributed by atoms with Crippen molar-refractivity contribution in [2.24, 2.45) is 5.92 Å². The molecule has 1 aliphatic heterocycles. The highest BCUT2D eigenvalue weighted by Crippen LogP contribution is 2.34. The van der Waals surface area contributed by atoms with Crippen LogP contribution in [0.3, 0.4) is 0 Å². The van der Waals surface area contributed by atoms with Crippen molar-refractivity contribution in [2.75, 3.05) is 27.8 Å². The van der Waals surface area contributed by atoms with Crippen molar-refractivity contribution >= 4 is 5.97 Å². The van der Waals surface area contributed by atoms with Crippen molar-refractivity contribution in [3.8, 4) is 11.5 Å². The number of likely N-dealkylation sites (tertiary alicyclic amines) is 1. The Morgan fingerprint density at radius 2 is 1.81 bits per heavy atom. The van der Waals surface area contributed by atoms with Crippen LogP contribution in [0.2, 0.25) is 0 Å². The number of para-hydroxylation sites is 2. The summed E-state index contributed by atoms with van der Waals surface area (Å²) in [6, 6.07) is 8.03. The highest BCUT2D eigenvalue weighted by atomic mass is 16.5. The summed E-state index contributed by atoms with van der Waals surface area (Å²) in [6.45, 7) is 3.26. The van der Waals surface area contributed by atoms with Crippen molar-refractivity contribution in [1.82, 2.24) is 4.90 Å². The van der Waals surface area contributed by atoms with Gasteiger partial charge in [-0.3, -0.25) is 9.69 Å². The molecule has 0 bridgehead atoms. The van der Waals surface area contributed by atoms with Gasteiger partial charge in [-0.05, 0) is 57.0 Å². The van der Waals surface area contributed by atoms with Gasteiger partial charge in [0, 0.05) is 18.9 Å². The van der Waals surface area contributed by atoms with E-state index in [1.54, 1.807) is 14.2 Å². The number of nitrogens with zero attached hydrogens (tertiary/aromatic N) is 1. The zero-order valence-corrected chi connectivity index (χ0v) is 17.1. The quantitative estimate of drug-likeness (QED) is 0.689. The van der Waals surface area contributed by atoms with Gasteiger partial charge in [0.05, 0.1) is 14.2 Å². The van der Waals surface area contributed by atoms with Crippen LogP contribution in [0.5, 0.6) is 11.5 Å². The maximum absolute atomic E-state index is 11.6. The Bertz CT molecular complexity index is 605. The van der Waals surface area contributed by atoms with Gasteiger partial charge in [-0.1, -0.05) is 25.5 Å². The molecule has 0 N–H and O–H groups in total. The molecule has 1 aliphatic carbocycles. The summed E-state index contributed by atoms with van der Waals surface area (Å²) in [5, 5.41) is 0. The Morgan fingerprint density at radius 1 is 1.15 bits per heavy atom. The monoisotopic (exact) mass is 375 g/mol. The fraction of sp³-hybridized carbons (Fsp3) is 0.591. The van der Waals surface area contributed by atoms with Gasteiger partial charge >= 0.3 is 5.97 Å². The third-order valence-corrected chi connectivity index (χ3v) is 5.23. The number of carbonyl (C=O) groups excluding carboxylic acids is 1. The maximum Gasteiger partial charge on any atom is 0.310 e. The minimum Gasteiger partial charge on any atom is -0.493 e. The predicted octanol–water partition coefficient (Wildman–Crippen LogP) is 4.42. The van der Waals surface area contributed by atoms with Gasteiger partial charge in [-0.15, -0.1) is 0 Å². The van der Waals surface area contributed by atoms with Gasteiger partial charge in [0.15, 0.2) is 11.5 Å². The molecule has 5 nitrogen and oxygen atoms in total. The molecule has 0 saturated carbocycles. The lowest BCUT2D eigenvalue weighted by Crippen LogP contribution is -2.30. The van der Waals surface area contributed by atoms with Crippen LogP contribution in [0.25, 0.3) is 0 Å². The smallest absolute Gasteiger partial charge is 0.310 e. The average Bonchev–Trinajstić information content (AvgIpc) is 3.07. The molecule has 3 rings (SSSR count). The summed E-state index contributed by atoms with van der Waals surface area (Å²) in [7, 11) is 5.40. The topological polar surface area (TPSA) is 48.0 Å². The Hall–Kier alpha value is -2.01. The molecule has 0 amide bonds. The lowest BCUT2D eigenvalue weighted by molar-refractivity contribution is -0.140. The molecule has 150 valence electrons. The van der Waals surface area contributed by atoms with E-state index in [0.717, 1.165) is 42.4 Å². The number of methoxy groups -OCH3 is 2. The first-order valence-corrected chi connectivity index (χ1v) is 9.87. The zero-order chi connectivity index (χ0) is 19.6. The molecule has 2 atom stereocenters. The molecule has 1 fully saturated rings. The van der Waals surface area contributed by atoms with Crippen LogP contribution in [-0.2, 0) is 9.53 Å². The second kappa shape index (κ2) is 11.0. The Morgan fingerprint density at radius 3 is 2.41 bits per heavy atom. The molecule has 0 spiro atoms. The van der Waals surface area contributed by atoms with E-state index in [9.17, 15) is 4.79 Å². The fourth-order valence-electron chi connectivity index (χ4n) is 3.62. The number of ether oxygens (including phenoxy) is 3. The molecule has 5 heteroatoms. The molecule has 1 heterocycles. The summed E-state index contributed by atoms with van der Waals surface area (Å²) in [6.07, 6.45) is 8.09. The highest BCUT2D eigenvalue weighted by molar-refractivity contribution is 5.70. The van der Waals surface area contributed by atoms with Gasteiger partial charge in [0.2, 0.25) is 0 Å². The Labute approximate surface area is 163 Å². The van der Waals surface area contributed by atoms with Crippen LogP contribution >= 0.6 is 0 Å². The molecule has 0 aromatic heterocycles. The van der Waals surface area contributed by atoms with E-state index < -0.39 is 0 Å². The molecule has 0 radical (unpaired) electrons. The van der Waals surface area contributed by atoms with Crippen molar-refractivity contribution in [3.05, 3.63) is 36.1 Å². The van der Waals surface area contributed by atoms with E-state index in [0.29, 0.717) is 12.5 Å². The highest BCUT2D eigenvalue weighted by Gasteiger charge is 2.33. The Balaban J connectivity index is 0.000000223. The summed E-state index contributed by atoms with van der Waals surface area (Å²) in [4.78, 5) is 13.9. The second-order valence-corrected chi connectivity index (χ2v) is 7.12. The third-order valence-electron chi connectivity index (χ3n) is 5.23. The van der Waals surface area contributed by atoms with E-state index >= 15 is 0 Å². The van der Waals surface area contributed by atoms with Crippen LogP contribution < -0.4 is 9.47 Å². The number of unbranched alkanes of at least 4 members (excludes halogenated alkanes) is 1. The standard InChI is InChI=1S/C14H23NO2.C8H10O2/c1-3-4-5-14(16)17-12-7-6-11-8-9-15(2)13(11)10-12;1-9-7-5-3-4-6-8(7)10-2/h10-11,13H,3-9H2,1-2H3;3-6H,1-2H3. The molecule has 1 aromatic rings. The number of carbonyl (C=O) groups is 1. The minimum absolute atomic E-state index is 0.0581. The zero-order valence-electron chi connectivity index (χ0n) is 17.1. The van der Waals surface area contributed by atoms with Gasteiger partial charge in [0.25, 0.3) is 0 Å². The number of allylic oxidation sites excluding steroid dienone is 1. The first-order valence-electron chi connectivity index (χ1n) is 9.87. The third kappa shape index (κ3) is 6.28. The van der Waals surface area contributed by atoms with Crippen molar-refractivity contribution in [2.45, 2.75) is 51.5 Å². The lowest BCUT2D eigenvalue weighted by Gasteiger charge is -2.27. The van der Waals surface area contributed by atoms with Crippen LogP contribution in [0.15, 0.2) is 36.1 Å². The molecule has 2 aliphatic rings. The number of benzene rings is 1. The summed E-state index contributed by atoms with van der Waals surface area (Å²) >= 11 is 0. The van der Waals surface area contributed by atoms with E-state index in [2.05, 4.69) is 24.9 Å². The number of likely N-dealkylation sites (N-methyl/N-ethyl adjacent to an activating group) is 1. The van der Waals surface area contributed by atoms with E-state index in [4.69, 9.17) is 14.2 Å². The number of fused-ring (bicyclic) bond motifs is 1. The molecule has 1 saturated heterocycles.